The molecule has 0 spiro atoms. The maximum absolute atomic E-state index is 13.3. The van der Waals surface area contributed by atoms with Crippen LogP contribution < -0.4 is 19.7 Å². The molecule has 11 nitrogen and oxygen atoms in total. The number of anilines is 1. The summed E-state index contributed by atoms with van der Waals surface area (Å²) in [6.45, 7) is -1.46. The molecule has 3 aromatic rings. The Morgan fingerprint density at radius 1 is 1.10 bits per heavy atom. The molecule has 220 valence electrons. The second kappa shape index (κ2) is 11.2. The fourth-order valence-corrected chi connectivity index (χ4v) is 7.43. The van der Waals surface area contributed by atoms with Gasteiger partial charge in [-0.15, -0.1) is 0 Å². The van der Waals surface area contributed by atoms with E-state index in [1.807, 2.05) is 0 Å². The summed E-state index contributed by atoms with van der Waals surface area (Å²) in [7, 11) is 1.31. The number of methoxy groups -OCH3 is 1. The summed E-state index contributed by atoms with van der Waals surface area (Å²) in [4.78, 5) is 65.7. The van der Waals surface area contributed by atoms with Crippen molar-refractivity contribution in [1.29, 1.82) is 0 Å². The van der Waals surface area contributed by atoms with Gasteiger partial charge >= 0.3 is 17.0 Å². The second-order valence-corrected chi connectivity index (χ2v) is 11.4. The number of rotatable bonds is 8. The summed E-state index contributed by atoms with van der Waals surface area (Å²) in [5.74, 6) is -5.22. The summed E-state index contributed by atoms with van der Waals surface area (Å²) in [6.07, 6.45) is -4.68. The molecule has 0 aliphatic carbocycles. The number of carboxylic acid groups (broad SMARTS) is 1. The third kappa shape index (κ3) is 5.46. The van der Waals surface area contributed by atoms with Gasteiger partial charge in [-0.25, -0.2) is 0 Å². The minimum Gasteiger partial charge on any atom is -0.493 e. The fraction of sp³-hybridized carbons (Fsp3) is 0.269. The molecule has 1 fully saturated rings. The maximum atomic E-state index is 13.3. The topological polar surface area (TPSA) is 155 Å². The van der Waals surface area contributed by atoms with Gasteiger partial charge in [0.15, 0.2) is 18.1 Å². The first kappa shape index (κ1) is 29.2. The van der Waals surface area contributed by atoms with E-state index in [2.05, 4.69) is 10.3 Å². The van der Waals surface area contributed by atoms with Crippen molar-refractivity contribution in [2.45, 2.75) is 22.4 Å². The molecule has 1 aromatic heterocycles. The number of hydrogen-bond acceptors (Lipinski definition) is 9. The number of aromatic amines is 1. The lowest BCUT2D eigenvalue weighted by molar-refractivity contribution is -0.149. The van der Waals surface area contributed by atoms with Gasteiger partial charge in [-0.1, -0.05) is 41.3 Å². The smallest absolute Gasteiger partial charge is 0.418 e. The van der Waals surface area contributed by atoms with Gasteiger partial charge in [0.2, 0.25) is 11.8 Å². The summed E-state index contributed by atoms with van der Waals surface area (Å²) in [6, 6.07) is 8.95. The molecule has 3 heterocycles. The third-order valence-electron chi connectivity index (χ3n) is 6.62. The van der Waals surface area contributed by atoms with Gasteiger partial charge in [-0.2, -0.15) is 13.2 Å². The zero-order valence-corrected chi connectivity index (χ0v) is 23.0. The van der Waals surface area contributed by atoms with Crippen LogP contribution in [0.25, 0.3) is 0 Å². The van der Waals surface area contributed by atoms with E-state index in [9.17, 15) is 42.3 Å². The molecule has 2 aliphatic rings. The largest absolute Gasteiger partial charge is 0.493 e. The lowest BCUT2D eigenvalue weighted by Crippen LogP contribution is -2.36. The van der Waals surface area contributed by atoms with Crippen LogP contribution in [-0.4, -0.2) is 64.2 Å². The molecule has 16 heteroatoms. The van der Waals surface area contributed by atoms with E-state index < -0.39 is 76.2 Å². The third-order valence-corrected chi connectivity index (χ3v) is 9.02. The molecule has 5 rings (SSSR count). The molecule has 0 saturated carbocycles. The molecule has 0 radical (unpaired) electrons. The highest BCUT2D eigenvalue weighted by atomic mass is 32.2. The number of amides is 3. The van der Waals surface area contributed by atoms with E-state index in [-0.39, 0.29) is 11.5 Å². The minimum absolute atomic E-state index is 0.0612. The number of likely N-dealkylation sites (tertiary alicyclic amines) is 1. The number of hydrogen-bond donors (Lipinski definition) is 3. The summed E-state index contributed by atoms with van der Waals surface area (Å²) >= 11 is 1.86. The van der Waals surface area contributed by atoms with Crippen LogP contribution >= 0.6 is 23.1 Å². The average molecular weight is 624 g/mol. The van der Waals surface area contributed by atoms with Gasteiger partial charge in [0.05, 0.1) is 29.3 Å². The average Bonchev–Trinajstić information content (AvgIpc) is 3.41. The number of carboxylic acids is 1. The van der Waals surface area contributed by atoms with E-state index in [0.29, 0.717) is 20.4 Å². The van der Waals surface area contributed by atoms with Crippen LogP contribution in [0.5, 0.6) is 11.5 Å². The van der Waals surface area contributed by atoms with Gasteiger partial charge in [0.25, 0.3) is 5.91 Å². The number of alkyl halides is 3. The maximum Gasteiger partial charge on any atom is 0.418 e. The number of thioether (sulfide) groups is 1. The number of carbonyl (C=O) groups is 4. The summed E-state index contributed by atoms with van der Waals surface area (Å²) < 4.78 is 50.7. The monoisotopic (exact) mass is 623 g/mol. The van der Waals surface area contributed by atoms with Crippen molar-refractivity contribution in [3.63, 3.8) is 0 Å². The zero-order valence-electron chi connectivity index (χ0n) is 21.4. The molecular formula is C26H20F3N3O8S2. The highest BCUT2D eigenvalue weighted by Gasteiger charge is 2.56. The van der Waals surface area contributed by atoms with Crippen molar-refractivity contribution in [2.24, 2.45) is 5.92 Å². The lowest BCUT2D eigenvalue weighted by Gasteiger charge is -2.30. The predicted molar refractivity (Wildman–Crippen MR) is 143 cm³/mol. The van der Waals surface area contributed by atoms with Crippen LogP contribution in [0.15, 0.2) is 52.3 Å². The number of benzene rings is 2. The minimum atomic E-state index is -4.68. The Labute approximate surface area is 242 Å². The standard InChI is InChI=1S/C26H20F3N3O8S2/c1-39-15-8-11(6-7-14(15)40-10-16(33)30-13-5-3-2-4-12(13)26(27,28)29)18-19-21(41-22-20(18)42-25(38)31-22)24(37)32(23(19)36)9-17(34)35/h2-8,18-19,21H,9-10H2,1H3,(H,30,33)(H,31,38)(H,34,35)/t18-,19+,21-/m0/s1. The number of H-pyrrole nitrogens is 1. The van der Waals surface area contributed by atoms with Crippen molar-refractivity contribution in [2.75, 3.05) is 25.6 Å². The number of carbonyl (C=O) groups excluding carboxylic acids is 3. The van der Waals surface area contributed by atoms with Gasteiger partial charge in [-0.3, -0.25) is 28.9 Å². The van der Waals surface area contributed by atoms with Gasteiger partial charge in [0, 0.05) is 10.8 Å². The quantitative estimate of drug-likeness (QED) is 0.321. The number of aromatic nitrogens is 1. The lowest BCUT2D eigenvalue weighted by atomic mass is 9.83. The van der Waals surface area contributed by atoms with Crippen molar-refractivity contribution < 1.29 is 46.9 Å². The SMILES string of the molecule is COc1cc([C@@H]2c3sc(=O)[nH]c3S[C@@H]3C(=O)N(CC(=O)O)C(=O)[C@H]23)ccc1OCC(=O)Nc1ccccc1C(F)(F)F. The van der Waals surface area contributed by atoms with Crippen molar-refractivity contribution in [1.82, 2.24) is 9.88 Å². The molecule has 2 aliphatic heterocycles. The molecule has 3 amide bonds. The first-order chi connectivity index (χ1) is 19.9. The Morgan fingerprint density at radius 3 is 2.52 bits per heavy atom. The number of imide groups is 1. The van der Waals surface area contributed by atoms with Gasteiger partial charge in [0.1, 0.15) is 11.8 Å². The number of nitrogens with zero attached hydrogens (tertiary/aromatic N) is 1. The zero-order chi connectivity index (χ0) is 30.3. The summed E-state index contributed by atoms with van der Waals surface area (Å²) in [5, 5.41) is 10.8. The fourth-order valence-electron chi connectivity index (χ4n) is 4.89. The van der Waals surface area contributed by atoms with Crippen LogP contribution in [0, 0.1) is 5.92 Å². The van der Waals surface area contributed by atoms with Gasteiger partial charge in [-0.05, 0) is 29.8 Å². The van der Waals surface area contributed by atoms with Crippen molar-refractivity contribution in [3.8, 4) is 11.5 Å². The summed E-state index contributed by atoms with van der Waals surface area (Å²) in [5.41, 5.74) is -0.995. The van der Waals surface area contributed by atoms with Crippen molar-refractivity contribution >= 4 is 52.5 Å². The van der Waals surface area contributed by atoms with Crippen LogP contribution in [0.4, 0.5) is 18.9 Å². The molecular weight excluding hydrogens is 603 g/mol. The molecule has 42 heavy (non-hydrogen) atoms. The van der Waals surface area contributed by atoms with Crippen molar-refractivity contribution in [3.05, 3.63) is 68.1 Å². The molecule has 2 aromatic carbocycles. The highest BCUT2D eigenvalue weighted by molar-refractivity contribution is 8.00. The first-order valence-corrected chi connectivity index (χ1v) is 13.8. The molecule has 3 N–H and O–H groups in total. The van der Waals surface area contributed by atoms with Gasteiger partial charge < -0.3 is 24.9 Å². The van der Waals surface area contributed by atoms with Crippen LogP contribution in [0.2, 0.25) is 0 Å². The van der Waals surface area contributed by atoms with E-state index >= 15 is 0 Å². The normalized spacial score (nSPS) is 19.7. The number of thiazole rings is 1. The number of ether oxygens (including phenoxy) is 2. The number of nitrogens with one attached hydrogen (secondary N) is 2. The van der Waals surface area contributed by atoms with Crippen LogP contribution in [-0.2, 0) is 25.4 Å². The molecule has 1 saturated heterocycles. The number of para-hydroxylation sites is 1. The predicted octanol–water partition coefficient (Wildman–Crippen LogP) is 3.16. The Hall–Kier alpha value is -4.31. The van der Waals surface area contributed by atoms with E-state index in [0.717, 1.165) is 35.2 Å². The molecule has 0 unspecified atom stereocenters. The van der Waals surface area contributed by atoms with E-state index in [4.69, 9.17) is 9.47 Å². The molecule has 3 atom stereocenters. The van der Waals surface area contributed by atoms with Crippen LogP contribution in [0.3, 0.4) is 0 Å². The number of fused-ring (bicyclic) bond motifs is 2. The number of aliphatic carboxylic acids is 1. The van der Waals surface area contributed by atoms with Crippen LogP contribution in [0.1, 0.15) is 21.9 Å². The Balaban J connectivity index is 1.40. The van der Waals surface area contributed by atoms with E-state index in [1.54, 1.807) is 0 Å². The Bertz CT molecular complexity index is 1650. The Morgan fingerprint density at radius 2 is 1.83 bits per heavy atom. The first-order valence-electron chi connectivity index (χ1n) is 12.1. The highest BCUT2D eigenvalue weighted by Crippen LogP contribution is 2.53. The van der Waals surface area contributed by atoms with E-state index in [1.165, 1.54) is 37.4 Å². The Kier molecular flexibility index (Phi) is 7.76. The second-order valence-electron chi connectivity index (χ2n) is 9.20. The number of halogens is 3. The molecule has 0 bridgehead atoms.